The molecular formula is C29H36N4. The van der Waals surface area contributed by atoms with Gasteiger partial charge < -0.3 is 0 Å². The average Bonchev–Trinajstić information content (AvgIpc) is 2.83. The topological polar surface area (TPSA) is 32.3 Å². The van der Waals surface area contributed by atoms with Crippen LogP contribution in [0.15, 0.2) is 54.9 Å². The smallest absolute Gasteiger partial charge is 0.0461 e. The molecule has 0 N–H and O–H groups in total. The summed E-state index contributed by atoms with van der Waals surface area (Å²) in [6, 6.07) is 15.6. The summed E-state index contributed by atoms with van der Waals surface area (Å²) in [5, 5.41) is 0. The molecule has 0 aliphatic carbocycles. The van der Waals surface area contributed by atoms with E-state index in [4.69, 9.17) is 9.97 Å². The van der Waals surface area contributed by atoms with Crippen molar-refractivity contribution in [3.8, 4) is 0 Å². The zero-order chi connectivity index (χ0) is 22.8. The van der Waals surface area contributed by atoms with Crippen LogP contribution in [-0.2, 0) is 32.5 Å². The maximum absolute atomic E-state index is 4.89. The van der Waals surface area contributed by atoms with Crippen LogP contribution < -0.4 is 0 Å². The Kier molecular flexibility index (Phi) is 6.57. The van der Waals surface area contributed by atoms with Crippen LogP contribution in [0.3, 0.4) is 0 Å². The summed E-state index contributed by atoms with van der Waals surface area (Å²) in [7, 11) is 0. The molecule has 2 aliphatic rings. The summed E-state index contributed by atoms with van der Waals surface area (Å²) >= 11 is 0. The van der Waals surface area contributed by atoms with Crippen LogP contribution in [0.4, 0.5) is 0 Å². The molecule has 0 radical (unpaired) electrons. The highest BCUT2D eigenvalue weighted by Crippen LogP contribution is 2.27. The first-order valence-corrected chi connectivity index (χ1v) is 12.5. The van der Waals surface area contributed by atoms with Crippen LogP contribution in [0, 0.1) is 0 Å². The van der Waals surface area contributed by atoms with E-state index >= 15 is 0 Å². The molecule has 4 nitrogen and oxygen atoms in total. The van der Waals surface area contributed by atoms with E-state index < -0.39 is 0 Å². The van der Waals surface area contributed by atoms with Gasteiger partial charge in [0.25, 0.3) is 0 Å². The molecule has 0 spiro atoms. The molecule has 0 saturated heterocycles. The van der Waals surface area contributed by atoms with E-state index in [1.165, 1.54) is 39.2 Å². The molecular weight excluding hydrogens is 404 g/mol. The van der Waals surface area contributed by atoms with Gasteiger partial charge in [0.1, 0.15) is 0 Å². The quantitative estimate of drug-likeness (QED) is 0.519. The fourth-order valence-corrected chi connectivity index (χ4v) is 5.22. The number of nitrogens with zero attached hydrogens (tertiary/aromatic N) is 4. The monoisotopic (exact) mass is 440 g/mol. The second-order valence-electron chi connectivity index (χ2n) is 10.2. The van der Waals surface area contributed by atoms with Gasteiger partial charge in [0.2, 0.25) is 0 Å². The van der Waals surface area contributed by atoms with Crippen molar-refractivity contribution in [1.82, 2.24) is 19.8 Å². The average molecular weight is 441 g/mol. The zero-order valence-corrected chi connectivity index (χ0v) is 20.3. The Morgan fingerprint density at radius 2 is 1.39 bits per heavy atom. The Balaban J connectivity index is 1.24. The summed E-state index contributed by atoms with van der Waals surface area (Å²) in [6.07, 6.45) is 6.30. The van der Waals surface area contributed by atoms with E-state index in [1.54, 1.807) is 0 Å². The maximum atomic E-state index is 4.89. The molecule has 5 rings (SSSR count). The van der Waals surface area contributed by atoms with E-state index in [0.29, 0.717) is 11.8 Å². The van der Waals surface area contributed by atoms with E-state index in [0.717, 1.165) is 52.1 Å². The minimum Gasteiger partial charge on any atom is -0.298 e. The highest BCUT2D eigenvalue weighted by atomic mass is 15.1. The third kappa shape index (κ3) is 5.18. The predicted octanol–water partition coefficient (Wildman–Crippen LogP) is 5.32. The lowest BCUT2D eigenvalue weighted by atomic mass is 9.95. The molecule has 33 heavy (non-hydrogen) atoms. The number of rotatable bonds is 6. The SMILES string of the molecule is CC(C)c1cnc2c(c1)CN(CC(C)c1cnc3c(c1)CN(Cc1ccccc1)CC3)CC2. The van der Waals surface area contributed by atoms with Gasteiger partial charge in [-0.15, -0.1) is 0 Å². The van der Waals surface area contributed by atoms with Gasteiger partial charge in [0.15, 0.2) is 0 Å². The number of aromatic nitrogens is 2. The summed E-state index contributed by atoms with van der Waals surface area (Å²) in [6.45, 7) is 13.1. The van der Waals surface area contributed by atoms with Crippen molar-refractivity contribution in [3.63, 3.8) is 0 Å². The maximum Gasteiger partial charge on any atom is 0.0461 e. The van der Waals surface area contributed by atoms with Crippen molar-refractivity contribution in [3.05, 3.63) is 94.1 Å². The lowest BCUT2D eigenvalue weighted by molar-refractivity contribution is 0.237. The Morgan fingerprint density at radius 1 is 0.788 bits per heavy atom. The second-order valence-corrected chi connectivity index (χ2v) is 10.2. The normalized spacial score (nSPS) is 17.6. The largest absolute Gasteiger partial charge is 0.298 e. The molecule has 2 aromatic heterocycles. The molecule has 0 bridgehead atoms. The predicted molar refractivity (Wildman–Crippen MR) is 134 cm³/mol. The van der Waals surface area contributed by atoms with Gasteiger partial charge in [-0.05, 0) is 39.7 Å². The van der Waals surface area contributed by atoms with Crippen LogP contribution in [0.25, 0.3) is 0 Å². The summed E-state index contributed by atoms with van der Waals surface area (Å²) in [5.41, 5.74) is 9.51. The summed E-state index contributed by atoms with van der Waals surface area (Å²) < 4.78 is 0. The molecule has 4 heterocycles. The van der Waals surface area contributed by atoms with Crippen LogP contribution >= 0.6 is 0 Å². The molecule has 1 unspecified atom stereocenters. The highest BCUT2D eigenvalue weighted by molar-refractivity contribution is 5.31. The summed E-state index contributed by atoms with van der Waals surface area (Å²) in [5.74, 6) is 0.996. The standard InChI is InChI=1S/C29H36N4/c1-21(2)24-13-26-19-32(11-9-28(26)30-15-24)17-22(3)25-14-27-20-33(12-10-29(27)31-16-25)18-23-7-5-4-6-8-23/h4-8,13-16,21-22H,9-12,17-20H2,1-3H3. The van der Waals surface area contributed by atoms with Crippen molar-refractivity contribution in [2.75, 3.05) is 19.6 Å². The molecule has 3 aromatic rings. The highest BCUT2D eigenvalue weighted by Gasteiger charge is 2.22. The fraction of sp³-hybridized carbons (Fsp3) is 0.448. The molecule has 0 fully saturated rings. The van der Waals surface area contributed by atoms with E-state index in [2.05, 4.69) is 85.4 Å². The lowest BCUT2D eigenvalue weighted by Gasteiger charge is -2.32. The van der Waals surface area contributed by atoms with Crippen LogP contribution in [-0.4, -0.2) is 39.4 Å². The first kappa shape index (κ1) is 22.2. The number of fused-ring (bicyclic) bond motifs is 2. The minimum absolute atomic E-state index is 0.468. The van der Waals surface area contributed by atoms with Gasteiger partial charge in [0, 0.05) is 75.9 Å². The Morgan fingerprint density at radius 3 is 2.09 bits per heavy atom. The summed E-state index contributed by atoms with van der Waals surface area (Å²) in [4.78, 5) is 14.8. The number of benzene rings is 1. The molecule has 172 valence electrons. The number of hydrogen-bond acceptors (Lipinski definition) is 4. The van der Waals surface area contributed by atoms with Crippen molar-refractivity contribution in [2.24, 2.45) is 0 Å². The first-order chi connectivity index (χ1) is 16.0. The Bertz CT molecular complexity index is 1090. The molecule has 1 atom stereocenters. The zero-order valence-electron chi connectivity index (χ0n) is 20.3. The van der Waals surface area contributed by atoms with Gasteiger partial charge in [-0.3, -0.25) is 19.8 Å². The van der Waals surface area contributed by atoms with Gasteiger partial charge in [-0.2, -0.15) is 0 Å². The molecule has 0 amide bonds. The molecule has 4 heteroatoms. The molecule has 0 saturated carbocycles. The van der Waals surface area contributed by atoms with Crippen LogP contribution in [0.5, 0.6) is 0 Å². The third-order valence-corrected chi connectivity index (χ3v) is 7.30. The van der Waals surface area contributed by atoms with Crippen molar-refractivity contribution < 1.29 is 0 Å². The van der Waals surface area contributed by atoms with Gasteiger partial charge in [0.05, 0.1) is 0 Å². The molecule has 1 aromatic carbocycles. The van der Waals surface area contributed by atoms with Gasteiger partial charge >= 0.3 is 0 Å². The lowest BCUT2D eigenvalue weighted by Crippen LogP contribution is -2.34. The van der Waals surface area contributed by atoms with Crippen LogP contribution in [0.2, 0.25) is 0 Å². The van der Waals surface area contributed by atoms with E-state index in [9.17, 15) is 0 Å². The Labute approximate surface area is 198 Å². The number of pyridine rings is 2. The first-order valence-electron chi connectivity index (χ1n) is 12.5. The number of hydrogen-bond donors (Lipinski definition) is 0. The second kappa shape index (κ2) is 9.74. The van der Waals surface area contributed by atoms with Gasteiger partial charge in [-0.1, -0.05) is 63.2 Å². The van der Waals surface area contributed by atoms with E-state index in [-0.39, 0.29) is 0 Å². The minimum atomic E-state index is 0.468. The van der Waals surface area contributed by atoms with Crippen molar-refractivity contribution in [2.45, 2.75) is 65.1 Å². The third-order valence-electron chi connectivity index (χ3n) is 7.30. The van der Waals surface area contributed by atoms with Crippen LogP contribution in [0.1, 0.15) is 71.8 Å². The van der Waals surface area contributed by atoms with E-state index in [1.807, 2.05) is 0 Å². The van der Waals surface area contributed by atoms with Crippen molar-refractivity contribution >= 4 is 0 Å². The fourth-order valence-electron chi connectivity index (χ4n) is 5.22. The molecule has 2 aliphatic heterocycles. The Hall–Kier alpha value is -2.56. The van der Waals surface area contributed by atoms with Crippen molar-refractivity contribution in [1.29, 1.82) is 0 Å². The van der Waals surface area contributed by atoms with Gasteiger partial charge in [-0.25, -0.2) is 0 Å².